The van der Waals surface area contributed by atoms with Gasteiger partial charge in [-0.1, -0.05) is 44.2 Å². The lowest BCUT2D eigenvalue weighted by Gasteiger charge is -2.41. The molecule has 1 aromatic heterocycles. The van der Waals surface area contributed by atoms with Gasteiger partial charge in [0.25, 0.3) is 0 Å². The highest BCUT2D eigenvalue weighted by molar-refractivity contribution is 5.88. The van der Waals surface area contributed by atoms with Crippen molar-refractivity contribution in [3.63, 3.8) is 0 Å². The second-order valence-electron chi connectivity index (χ2n) is 14.1. The number of carbonyl (C=O) groups is 1. The van der Waals surface area contributed by atoms with Crippen molar-refractivity contribution in [3.8, 4) is 11.1 Å². The number of benzene rings is 2. The number of pyridine rings is 1. The fourth-order valence-corrected chi connectivity index (χ4v) is 6.50. The molecule has 2 aliphatic heterocycles. The van der Waals surface area contributed by atoms with Gasteiger partial charge in [-0.3, -0.25) is 9.88 Å². The molecule has 1 atom stereocenters. The molecule has 43 heavy (non-hydrogen) atoms. The first kappa shape index (κ1) is 31.1. The molecule has 0 bridgehead atoms. The minimum atomic E-state index is -1.13. The number of carboxylic acids is 1. The Kier molecular flexibility index (Phi) is 8.70. The molecule has 3 heterocycles. The standard InChI is InChI=1S/C36H46FN3O3/c1-23-30(27-10-11-28-22-39(17-14-26(28)20-27)21-25-8-12-29(37)13-9-25)32(40-18-15-36(6,7)16-19-40)31(24(2)38-23)33(34(41)42)43-35(3,4)5/h8-13,20,33H,14-19,21-22H2,1-7H3,(H,41,42)/t33-/m0/s1. The zero-order valence-corrected chi connectivity index (χ0v) is 26.8. The molecule has 0 radical (unpaired) electrons. The highest BCUT2D eigenvalue weighted by atomic mass is 19.1. The summed E-state index contributed by atoms with van der Waals surface area (Å²) in [4.78, 5) is 22.5. The predicted molar refractivity (Wildman–Crippen MR) is 170 cm³/mol. The van der Waals surface area contributed by atoms with Gasteiger partial charge in [-0.15, -0.1) is 0 Å². The highest BCUT2D eigenvalue weighted by Gasteiger charge is 2.36. The van der Waals surface area contributed by atoms with Crippen molar-refractivity contribution in [1.29, 1.82) is 0 Å². The van der Waals surface area contributed by atoms with Crippen LogP contribution in [0.2, 0.25) is 0 Å². The molecule has 5 rings (SSSR count). The third-order valence-corrected chi connectivity index (χ3v) is 8.88. The molecule has 0 spiro atoms. The number of halogens is 1. The molecule has 2 aliphatic rings. The zero-order chi connectivity index (χ0) is 31.1. The number of aromatic nitrogens is 1. The van der Waals surface area contributed by atoms with Crippen LogP contribution in [0.1, 0.15) is 87.2 Å². The third kappa shape index (κ3) is 7.10. The molecule has 6 nitrogen and oxygen atoms in total. The molecule has 0 saturated carbocycles. The normalized spacial score (nSPS) is 17.9. The lowest BCUT2D eigenvalue weighted by molar-refractivity contribution is -0.160. The summed E-state index contributed by atoms with van der Waals surface area (Å²) in [5, 5.41) is 10.5. The van der Waals surface area contributed by atoms with Crippen molar-refractivity contribution < 1.29 is 19.0 Å². The van der Waals surface area contributed by atoms with Gasteiger partial charge in [0.2, 0.25) is 0 Å². The Hall–Kier alpha value is -3.29. The van der Waals surface area contributed by atoms with Crippen molar-refractivity contribution in [1.82, 2.24) is 9.88 Å². The number of aliphatic carboxylic acids is 1. The van der Waals surface area contributed by atoms with Gasteiger partial charge in [0, 0.05) is 55.2 Å². The number of hydrogen-bond acceptors (Lipinski definition) is 5. The van der Waals surface area contributed by atoms with E-state index in [1.807, 2.05) is 46.8 Å². The maximum Gasteiger partial charge on any atom is 0.337 e. The van der Waals surface area contributed by atoms with Gasteiger partial charge in [0.15, 0.2) is 6.10 Å². The van der Waals surface area contributed by atoms with E-state index in [4.69, 9.17) is 9.72 Å². The summed E-state index contributed by atoms with van der Waals surface area (Å²) in [6.45, 7) is 18.5. The van der Waals surface area contributed by atoms with Gasteiger partial charge in [-0.2, -0.15) is 0 Å². The predicted octanol–water partition coefficient (Wildman–Crippen LogP) is 7.63. The second kappa shape index (κ2) is 12.0. The molecule has 2 aromatic carbocycles. The summed E-state index contributed by atoms with van der Waals surface area (Å²) >= 11 is 0. The van der Waals surface area contributed by atoms with Gasteiger partial charge < -0.3 is 14.7 Å². The number of hydrogen-bond donors (Lipinski definition) is 1. The van der Waals surface area contributed by atoms with Crippen LogP contribution >= 0.6 is 0 Å². The van der Waals surface area contributed by atoms with Crippen molar-refractivity contribution >= 4 is 11.7 Å². The first-order valence-electron chi connectivity index (χ1n) is 15.5. The van der Waals surface area contributed by atoms with E-state index in [1.54, 1.807) is 0 Å². The molecular weight excluding hydrogens is 541 g/mol. The summed E-state index contributed by atoms with van der Waals surface area (Å²) in [5.41, 5.74) is 8.57. The summed E-state index contributed by atoms with van der Waals surface area (Å²) in [5.74, 6) is -1.21. The summed E-state index contributed by atoms with van der Waals surface area (Å²) in [6.07, 6.45) is 1.83. The molecule has 0 amide bonds. The van der Waals surface area contributed by atoms with Crippen LogP contribution in [0.3, 0.4) is 0 Å². The molecule has 3 aromatic rings. The van der Waals surface area contributed by atoms with E-state index in [1.165, 1.54) is 23.3 Å². The molecule has 0 aliphatic carbocycles. The maximum absolute atomic E-state index is 13.4. The number of nitrogens with zero attached hydrogens (tertiary/aromatic N) is 3. The summed E-state index contributed by atoms with van der Waals surface area (Å²) in [7, 11) is 0. The Morgan fingerprint density at radius 3 is 2.33 bits per heavy atom. The number of carboxylic acid groups (broad SMARTS) is 1. The molecule has 0 unspecified atom stereocenters. The average Bonchev–Trinajstić information content (AvgIpc) is 2.92. The lowest BCUT2D eigenvalue weighted by atomic mass is 9.81. The van der Waals surface area contributed by atoms with Crippen molar-refractivity contribution in [3.05, 3.63) is 81.9 Å². The van der Waals surface area contributed by atoms with Crippen LogP contribution < -0.4 is 4.90 Å². The van der Waals surface area contributed by atoms with E-state index < -0.39 is 17.7 Å². The van der Waals surface area contributed by atoms with Gasteiger partial charge in [-0.05, 0) is 93.7 Å². The van der Waals surface area contributed by atoms with Crippen LogP contribution in [0.4, 0.5) is 10.1 Å². The lowest BCUT2D eigenvalue weighted by Crippen LogP contribution is -2.39. The maximum atomic E-state index is 13.4. The van der Waals surface area contributed by atoms with E-state index in [-0.39, 0.29) is 11.2 Å². The van der Waals surface area contributed by atoms with Gasteiger partial charge >= 0.3 is 5.97 Å². The van der Waals surface area contributed by atoms with Crippen LogP contribution in [-0.4, -0.2) is 46.2 Å². The Bertz CT molecular complexity index is 1480. The van der Waals surface area contributed by atoms with Crippen LogP contribution in [0.5, 0.6) is 0 Å². The Labute approximate surface area is 255 Å². The van der Waals surface area contributed by atoms with Gasteiger partial charge in [0.05, 0.1) is 11.3 Å². The summed E-state index contributed by atoms with van der Waals surface area (Å²) in [6, 6.07) is 13.4. The fraction of sp³-hybridized carbons (Fsp3) is 0.500. The number of piperidine rings is 1. The highest BCUT2D eigenvalue weighted by Crippen LogP contribution is 2.45. The Morgan fingerprint density at radius 2 is 1.70 bits per heavy atom. The van der Waals surface area contributed by atoms with Crippen LogP contribution in [0.15, 0.2) is 42.5 Å². The van der Waals surface area contributed by atoms with Crippen molar-refractivity contribution in [2.45, 2.75) is 92.5 Å². The molecule has 1 saturated heterocycles. The van der Waals surface area contributed by atoms with Crippen LogP contribution in [0.25, 0.3) is 11.1 Å². The quantitative estimate of drug-likeness (QED) is 0.307. The molecule has 230 valence electrons. The van der Waals surface area contributed by atoms with E-state index in [2.05, 4.69) is 41.8 Å². The molecule has 1 N–H and O–H groups in total. The average molecular weight is 588 g/mol. The van der Waals surface area contributed by atoms with Crippen LogP contribution in [-0.2, 0) is 29.0 Å². The van der Waals surface area contributed by atoms with Gasteiger partial charge in [-0.25, -0.2) is 9.18 Å². The fourth-order valence-electron chi connectivity index (χ4n) is 6.50. The number of fused-ring (bicyclic) bond motifs is 1. The number of anilines is 1. The van der Waals surface area contributed by atoms with E-state index >= 15 is 0 Å². The largest absolute Gasteiger partial charge is 0.479 e. The van der Waals surface area contributed by atoms with Crippen LogP contribution in [0, 0.1) is 25.1 Å². The Balaban J connectivity index is 1.56. The molecular formula is C36H46FN3O3. The number of rotatable bonds is 7. The molecule has 7 heteroatoms. The minimum Gasteiger partial charge on any atom is -0.479 e. The third-order valence-electron chi connectivity index (χ3n) is 8.88. The minimum absolute atomic E-state index is 0.211. The number of ether oxygens (including phenoxy) is 1. The van der Waals surface area contributed by atoms with E-state index in [0.717, 1.165) is 80.1 Å². The second-order valence-corrected chi connectivity index (χ2v) is 14.1. The summed E-state index contributed by atoms with van der Waals surface area (Å²) < 4.78 is 19.6. The SMILES string of the molecule is Cc1nc(C)c([C@H](OC(C)(C)C)C(=O)O)c(N2CCC(C)(C)CC2)c1-c1ccc2c(c1)CCN(Cc1ccc(F)cc1)C2. The van der Waals surface area contributed by atoms with Gasteiger partial charge in [0.1, 0.15) is 5.82 Å². The molecule has 1 fully saturated rings. The zero-order valence-electron chi connectivity index (χ0n) is 26.8. The van der Waals surface area contributed by atoms with Crippen molar-refractivity contribution in [2.75, 3.05) is 24.5 Å². The Morgan fingerprint density at radius 1 is 1.02 bits per heavy atom. The first-order chi connectivity index (χ1) is 20.2. The van der Waals surface area contributed by atoms with E-state index in [9.17, 15) is 14.3 Å². The first-order valence-corrected chi connectivity index (χ1v) is 15.5. The smallest absolute Gasteiger partial charge is 0.337 e. The van der Waals surface area contributed by atoms with Crippen molar-refractivity contribution in [2.24, 2.45) is 5.41 Å². The number of aryl methyl sites for hydroxylation is 2. The monoisotopic (exact) mass is 587 g/mol. The topological polar surface area (TPSA) is 65.9 Å². The van der Waals surface area contributed by atoms with E-state index in [0.29, 0.717) is 11.3 Å².